The average Bonchev–Trinajstić information content (AvgIpc) is 2.88. The van der Waals surface area contributed by atoms with Gasteiger partial charge in [0, 0.05) is 16.8 Å². The van der Waals surface area contributed by atoms with E-state index in [9.17, 15) is 0 Å². The van der Waals surface area contributed by atoms with Gasteiger partial charge in [-0.1, -0.05) is 6.92 Å². The van der Waals surface area contributed by atoms with Crippen LogP contribution in [0.15, 0.2) is 24.4 Å². The van der Waals surface area contributed by atoms with E-state index in [1.54, 1.807) is 11.3 Å². The van der Waals surface area contributed by atoms with Crippen LogP contribution in [0.5, 0.6) is 0 Å². The fraction of sp³-hybridized carbons (Fsp3) is 0.333. The van der Waals surface area contributed by atoms with Crippen molar-refractivity contribution in [1.82, 2.24) is 4.98 Å². The van der Waals surface area contributed by atoms with Crippen molar-refractivity contribution in [3.05, 3.63) is 45.4 Å². The van der Waals surface area contributed by atoms with Gasteiger partial charge in [-0.15, -0.1) is 11.3 Å². The third kappa shape index (κ3) is 3.12. The Morgan fingerprint density at radius 2 is 2.26 bits per heavy atom. The molecular weight excluding hydrogens is 254 g/mol. The predicted molar refractivity (Wildman–Crippen MR) is 79.4 cm³/mol. The van der Waals surface area contributed by atoms with Crippen LogP contribution in [0.4, 0.5) is 5.69 Å². The van der Waals surface area contributed by atoms with Gasteiger partial charge in [0.1, 0.15) is 5.01 Å². The van der Waals surface area contributed by atoms with Gasteiger partial charge in [-0.3, -0.25) is 0 Å². The number of hydrogen-bond acceptors (Lipinski definition) is 4. The van der Waals surface area contributed by atoms with Crippen molar-refractivity contribution in [2.45, 2.75) is 33.2 Å². The highest BCUT2D eigenvalue weighted by Gasteiger charge is 2.10. The Hall–Kier alpha value is -1.86. The quantitative estimate of drug-likeness (QED) is 0.912. The van der Waals surface area contributed by atoms with Crippen LogP contribution < -0.4 is 5.32 Å². The number of nitriles is 1. The number of nitrogens with one attached hydrogen (secondary N) is 1. The lowest BCUT2D eigenvalue weighted by Gasteiger charge is -2.13. The molecule has 1 N–H and O–H groups in total. The molecule has 1 aromatic carbocycles. The molecule has 19 heavy (non-hydrogen) atoms. The lowest BCUT2D eigenvalue weighted by atomic mass is 10.1. The number of thiazole rings is 1. The summed E-state index contributed by atoms with van der Waals surface area (Å²) in [6.07, 6.45) is 2.97. The van der Waals surface area contributed by atoms with E-state index in [0.29, 0.717) is 0 Å². The maximum atomic E-state index is 8.92. The maximum Gasteiger partial charge on any atom is 0.115 e. The van der Waals surface area contributed by atoms with E-state index in [0.717, 1.165) is 28.2 Å². The molecule has 0 saturated heterocycles. The second-order valence-corrected chi connectivity index (χ2v) is 5.67. The Bertz CT molecular complexity index is 610. The highest BCUT2D eigenvalue weighted by molar-refractivity contribution is 7.11. The lowest BCUT2D eigenvalue weighted by molar-refractivity contribution is 0.869. The molecule has 0 fully saturated rings. The van der Waals surface area contributed by atoms with Gasteiger partial charge in [0.2, 0.25) is 0 Å². The van der Waals surface area contributed by atoms with Crippen molar-refractivity contribution >= 4 is 17.0 Å². The second kappa shape index (κ2) is 5.85. The van der Waals surface area contributed by atoms with E-state index in [-0.39, 0.29) is 6.04 Å². The summed E-state index contributed by atoms with van der Waals surface area (Å²) in [6.45, 7) is 6.19. The molecule has 1 atom stereocenters. The first kappa shape index (κ1) is 13.6. The average molecular weight is 271 g/mol. The fourth-order valence-corrected chi connectivity index (χ4v) is 2.74. The van der Waals surface area contributed by atoms with E-state index in [1.165, 1.54) is 4.88 Å². The van der Waals surface area contributed by atoms with Crippen molar-refractivity contribution in [2.24, 2.45) is 0 Å². The summed E-state index contributed by atoms with van der Waals surface area (Å²) in [4.78, 5) is 5.75. The van der Waals surface area contributed by atoms with Crippen molar-refractivity contribution < 1.29 is 0 Å². The summed E-state index contributed by atoms with van der Waals surface area (Å²) in [5, 5.41) is 13.4. The molecule has 0 aliphatic carbocycles. The molecule has 4 heteroatoms. The maximum absolute atomic E-state index is 8.92. The Morgan fingerprint density at radius 3 is 2.84 bits per heavy atom. The van der Waals surface area contributed by atoms with Gasteiger partial charge in [0.05, 0.1) is 17.7 Å². The normalized spacial score (nSPS) is 11.9. The molecule has 1 unspecified atom stereocenters. The van der Waals surface area contributed by atoms with Crippen LogP contribution in [0.1, 0.15) is 40.9 Å². The highest BCUT2D eigenvalue weighted by Crippen LogP contribution is 2.25. The SMILES string of the molecule is CCc1cnc(C(C)Nc2ccc(C#N)c(C)c2)s1. The van der Waals surface area contributed by atoms with Gasteiger partial charge >= 0.3 is 0 Å². The Balaban J connectivity index is 2.12. The summed E-state index contributed by atoms with van der Waals surface area (Å²) in [5.41, 5.74) is 2.74. The van der Waals surface area contributed by atoms with Crippen LogP contribution in [0.2, 0.25) is 0 Å². The summed E-state index contributed by atoms with van der Waals surface area (Å²) in [6, 6.07) is 8.15. The first-order chi connectivity index (χ1) is 9.13. The van der Waals surface area contributed by atoms with Gasteiger partial charge in [0.15, 0.2) is 0 Å². The molecule has 3 nitrogen and oxygen atoms in total. The minimum absolute atomic E-state index is 0.178. The largest absolute Gasteiger partial charge is 0.376 e. The molecule has 1 heterocycles. The number of aromatic nitrogens is 1. The number of nitrogens with zero attached hydrogens (tertiary/aromatic N) is 2. The standard InChI is InChI=1S/C15H17N3S/c1-4-14-9-17-15(19-14)11(3)18-13-6-5-12(8-16)10(2)7-13/h5-7,9,11,18H,4H2,1-3H3. The number of hydrogen-bond donors (Lipinski definition) is 1. The fourth-order valence-electron chi connectivity index (χ4n) is 1.88. The summed E-state index contributed by atoms with van der Waals surface area (Å²) in [5.74, 6) is 0. The molecule has 0 saturated carbocycles. The van der Waals surface area contributed by atoms with E-state index in [4.69, 9.17) is 5.26 Å². The third-order valence-electron chi connectivity index (χ3n) is 3.02. The van der Waals surface area contributed by atoms with Crippen LogP contribution >= 0.6 is 11.3 Å². The molecule has 2 aromatic rings. The zero-order valence-electron chi connectivity index (χ0n) is 11.4. The van der Waals surface area contributed by atoms with Crippen LogP contribution in [0, 0.1) is 18.3 Å². The minimum Gasteiger partial charge on any atom is -0.376 e. The summed E-state index contributed by atoms with van der Waals surface area (Å²) in [7, 11) is 0. The molecule has 2 rings (SSSR count). The predicted octanol–water partition coefficient (Wildman–Crippen LogP) is 4.06. The van der Waals surface area contributed by atoms with Crippen LogP contribution in [-0.2, 0) is 6.42 Å². The van der Waals surface area contributed by atoms with Gasteiger partial charge in [0.25, 0.3) is 0 Å². The van der Waals surface area contributed by atoms with E-state index >= 15 is 0 Å². The molecule has 1 aromatic heterocycles. The first-order valence-electron chi connectivity index (χ1n) is 6.36. The second-order valence-electron chi connectivity index (χ2n) is 4.53. The number of aryl methyl sites for hydroxylation is 2. The summed E-state index contributed by atoms with van der Waals surface area (Å²) < 4.78 is 0. The van der Waals surface area contributed by atoms with Crippen molar-refractivity contribution in [3.8, 4) is 6.07 Å². The zero-order valence-corrected chi connectivity index (χ0v) is 12.2. The van der Waals surface area contributed by atoms with Crippen molar-refractivity contribution in [2.75, 3.05) is 5.32 Å². The van der Waals surface area contributed by atoms with Crippen LogP contribution in [0.25, 0.3) is 0 Å². The monoisotopic (exact) mass is 271 g/mol. The lowest BCUT2D eigenvalue weighted by Crippen LogP contribution is -2.06. The smallest absolute Gasteiger partial charge is 0.115 e. The molecule has 0 bridgehead atoms. The molecule has 0 radical (unpaired) electrons. The zero-order chi connectivity index (χ0) is 13.8. The molecule has 0 aliphatic heterocycles. The Kier molecular flexibility index (Phi) is 4.18. The molecule has 0 amide bonds. The molecule has 0 spiro atoms. The van der Waals surface area contributed by atoms with Crippen molar-refractivity contribution in [3.63, 3.8) is 0 Å². The van der Waals surface area contributed by atoms with Gasteiger partial charge in [-0.25, -0.2) is 4.98 Å². The van der Waals surface area contributed by atoms with Crippen LogP contribution in [-0.4, -0.2) is 4.98 Å². The third-order valence-corrected chi connectivity index (χ3v) is 4.34. The number of anilines is 1. The molecule has 98 valence electrons. The van der Waals surface area contributed by atoms with E-state index in [1.807, 2.05) is 31.3 Å². The topological polar surface area (TPSA) is 48.7 Å². The van der Waals surface area contributed by atoms with E-state index < -0.39 is 0 Å². The first-order valence-corrected chi connectivity index (χ1v) is 7.17. The van der Waals surface area contributed by atoms with Gasteiger partial charge in [-0.05, 0) is 44.0 Å². The van der Waals surface area contributed by atoms with Crippen molar-refractivity contribution in [1.29, 1.82) is 5.26 Å². The highest BCUT2D eigenvalue weighted by atomic mass is 32.1. The number of rotatable bonds is 4. The van der Waals surface area contributed by atoms with Gasteiger partial charge in [-0.2, -0.15) is 5.26 Å². The Morgan fingerprint density at radius 1 is 1.47 bits per heavy atom. The minimum atomic E-state index is 0.178. The molecule has 0 aliphatic rings. The van der Waals surface area contributed by atoms with Gasteiger partial charge < -0.3 is 5.32 Å². The van der Waals surface area contributed by atoms with Crippen LogP contribution in [0.3, 0.4) is 0 Å². The number of benzene rings is 1. The molecular formula is C15H17N3S. The van der Waals surface area contributed by atoms with E-state index in [2.05, 4.69) is 30.2 Å². The summed E-state index contributed by atoms with van der Waals surface area (Å²) >= 11 is 1.75. The Labute approximate surface area is 117 Å².